The van der Waals surface area contributed by atoms with Crippen LogP contribution in [-0.2, 0) is 0 Å². The molecule has 0 radical (unpaired) electrons. The Morgan fingerprint density at radius 3 is 2.26 bits per heavy atom. The first-order valence-corrected chi connectivity index (χ1v) is 8.61. The molecule has 0 aliphatic heterocycles. The van der Waals surface area contributed by atoms with E-state index in [0.29, 0.717) is 27.3 Å². The topological polar surface area (TPSA) is 82.0 Å². The highest BCUT2D eigenvalue weighted by atomic mass is 35.5. The van der Waals surface area contributed by atoms with Gasteiger partial charge in [-0.15, -0.1) is 10.2 Å². The van der Waals surface area contributed by atoms with E-state index in [4.69, 9.17) is 32.7 Å². The van der Waals surface area contributed by atoms with Gasteiger partial charge in [0.1, 0.15) is 0 Å². The van der Waals surface area contributed by atoms with Crippen LogP contribution in [-0.4, -0.2) is 40.1 Å². The van der Waals surface area contributed by atoms with Gasteiger partial charge in [-0.05, 0) is 36.4 Å². The van der Waals surface area contributed by atoms with Gasteiger partial charge in [-0.25, -0.2) is 0 Å². The minimum atomic E-state index is -0.161. The number of H-pyrrole nitrogens is 1. The molecule has 4 rings (SSSR count). The summed E-state index contributed by atoms with van der Waals surface area (Å²) in [5.74, 6) is 0.820. The maximum absolute atomic E-state index is 11.3. The third-order valence-electron chi connectivity index (χ3n) is 3.78. The van der Waals surface area contributed by atoms with Crippen LogP contribution in [0.4, 0.5) is 0 Å². The maximum atomic E-state index is 11.3. The Labute approximate surface area is 164 Å². The predicted octanol–water partition coefficient (Wildman–Crippen LogP) is 4.58. The van der Waals surface area contributed by atoms with Crippen LogP contribution in [0.2, 0.25) is 10.0 Å². The van der Waals surface area contributed by atoms with Crippen molar-refractivity contribution in [3.05, 3.63) is 46.4 Å². The smallest absolute Gasteiger partial charge is 0.244 e. The van der Waals surface area contributed by atoms with Crippen molar-refractivity contribution in [2.75, 3.05) is 14.2 Å². The lowest BCUT2D eigenvalue weighted by Gasteiger charge is -1.95. The maximum Gasteiger partial charge on any atom is 0.244 e. The highest BCUT2D eigenvalue weighted by molar-refractivity contribution is 6.31. The zero-order valence-electron chi connectivity index (χ0n) is 14.8. The first-order valence-electron chi connectivity index (χ1n) is 7.85. The van der Waals surface area contributed by atoms with E-state index in [1.165, 1.54) is 18.7 Å². The van der Waals surface area contributed by atoms with Gasteiger partial charge in [0, 0.05) is 17.0 Å². The van der Waals surface area contributed by atoms with Crippen molar-refractivity contribution >= 4 is 50.9 Å². The van der Waals surface area contributed by atoms with Crippen molar-refractivity contribution in [3.8, 4) is 11.8 Å². The number of rotatable bonds is 2. The lowest BCUT2D eigenvalue weighted by Crippen LogP contribution is -2.06. The SMILES string of the molecule is COc1n[nH]c2ccc(Cl)cc12.COc1nn(C(C)=O)c2ccc(Cl)cc12. The highest BCUT2D eigenvalue weighted by Gasteiger charge is 2.13. The van der Waals surface area contributed by atoms with Gasteiger partial charge in [0.05, 0.1) is 36.0 Å². The van der Waals surface area contributed by atoms with E-state index in [1.54, 1.807) is 25.3 Å². The molecular weight excluding hydrogens is 391 g/mol. The zero-order chi connectivity index (χ0) is 19.6. The second-order valence-electron chi connectivity index (χ2n) is 5.52. The average molecular weight is 407 g/mol. The van der Waals surface area contributed by atoms with Gasteiger partial charge in [0.15, 0.2) is 0 Å². The standard InChI is InChI=1S/C10H9ClN2O2.C8H7ClN2O/c1-6(14)13-9-4-3-7(11)5-8(9)10(12-13)15-2;1-12-8-6-4-5(9)2-3-7(6)10-11-8/h3-5H,1-2H3;2-4H,1H3,(H,10,11). The van der Waals surface area contributed by atoms with Crippen LogP contribution >= 0.6 is 23.2 Å². The molecule has 2 heterocycles. The Balaban J connectivity index is 0.000000159. The summed E-state index contributed by atoms with van der Waals surface area (Å²) in [5.41, 5.74) is 1.63. The molecule has 0 saturated carbocycles. The van der Waals surface area contributed by atoms with E-state index in [-0.39, 0.29) is 5.91 Å². The number of carbonyl (C=O) groups is 1. The number of methoxy groups -OCH3 is 2. The first-order chi connectivity index (χ1) is 12.9. The van der Waals surface area contributed by atoms with E-state index < -0.39 is 0 Å². The van der Waals surface area contributed by atoms with Crippen LogP contribution in [0.25, 0.3) is 21.8 Å². The number of hydrogen-bond donors (Lipinski definition) is 1. The third kappa shape index (κ3) is 3.84. The van der Waals surface area contributed by atoms with Crippen molar-refractivity contribution in [1.82, 2.24) is 20.0 Å². The lowest BCUT2D eigenvalue weighted by atomic mass is 10.2. The van der Waals surface area contributed by atoms with Gasteiger partial charge in [0.25, 0.3) is 0 Å². The zero-order valence-corrected chi connectivity index (χ0v) is 16.3. The quantitative estimate of drug-likeness (QED) is 0.526. The van der Waals surface area contributed by atoms with Crippen LogP contribution in [0.5, 0.6) is 11.8 Å². The fourth-order valence-electron chi connectivity index (χ4n) is 2.57. The lowest BCUT2D eigenvalue weighted by molar-refractivity contribution is 0.0925. The number of hydrogen-bond acceptors (Lipinski definition) is 5. The van der Waals surface area contributed by atoms with E-state index in [9.17, 15) is 4.79 Å². The minimum absolute atomic E-state index is 0.161. The molecule has 0 unspecified atom stereocenters. The summed E-state index contributed by atoms with van der Waals surface area (Å²) >= 11 is 11.7. The molecular formula is C18H16Cl2N4O3. The summed E-state index contributed by atoms with van der Waals surface area (Å²) in [7, 11) is 3.09. The third-order valence-corrected chi connectivity index (χ3v) is 4.25. The van der Waals surface area contributed by atoms with Gasteiger partial charge in [0.2, 0.25) is 17.7 Å². The molecule has 9 heteroatoms. The van der Waals surface area contributed by atoms with Crippen molar-refractivity contribution in [2.24, 2.45) is 0 Å². The van der Waals surface area contributed by atoms with Crippen LogP contribution in [0, 0.1) is 0 Å². The Bertz CT molecular complexity index is 1120. The van der Waals surface area contributed by atoms with Crippen LogP contribution in [0.15, 0.2) is 36.4 Å². The van der Waals surface area contributed by atoms with Gasteiger partial charge >= 0.3 is 0 Å². The summed E-state index contributed by atoms with van der Waals surface area (Å²) < 4.78 is 11.4. The second kappa shape index (κ2) is 7.85. The molecule has 0 aliphatic rings. The molecule has 27 heavy (non-hydrogen) atoms. The fraction of sp³-hybridized carbons (Fsp3) is 0.167. The summed E-state index contributed by atoms with van der Waals surface area (Å²) in [6.07, 6.45) is 0. The normalized spacial score (nSPS) is 10.6. The molecule has 0 saturated heterocycles. The highest BCUT2D eigenvalue weighted by Crippen LogP contribution is 2.27. The summed E-state index contributed by atoms with van der Waals surface area (Å²) in [4.78, 5) is 11.3. The van der Waals surface area contributed by atoms with Crippen molar-refractivity contribution in [1.29, 1.82) is 0 Å². The molecule has 0 spiro atoms. The Hall–Kier alpha value is -2.77. The molecule has 2 aromatic heterocycles. The van der Waals surface area contributed by atoms with E-state index in [0.717, 1.165) is 16.3 Å². The van der Waals surface area contributed by atoms with Gasteiger partial charge in [-0.3, -0.25) is 9.89 Å². The van der Waals surface area contributed by atoms with Crippen molar-refractivity contribution in [3.63, 3.8) is 0 Å². The fourth-order valence-corrected chi connectivity index (χ4v) is 2.92. The van der Waals surface area contributed by atoms with Gasteiger partial charge < -0.3 is 9.47 Å². The average Bonchev–Trinajstić information content (AvgIpc) is 3.22. The van der Waals surface area contributed by atoms with E-state index in [1.807, 2.05) is 18.2 Å². The number of nitrogens with zero attached hydrogens (tertiary/aromatic N) is 3. The molecule has 0 amide bonds. The van der Waals surface area contributed by atoms with Crippen LogP contribution in [0.3, 0.4) is 0 Å². The number of aromatic nitrogens is 4. The molecule has 0 fully saturated rings. The number of aromatic amines is 1. The number of carbonyl (C=O) groups excluding carboxylic acids is 1. The monoisotopic (exact) mass is 406 g/mol. The summed E-state index contributed by atoms with van der Waals surface area (Å²) in [6, 6.07) is 10.7. The van der Waals surface area contributed by atoms with Crippen LogP contribution in [0.1, 0.15) is 11.7 Å². The number of ether oxygens (including phenoxy) is 2. The molecule has 7 nitrogen and oxygen atoms in total. The van der Waals surface area contributed by atoms with Gasteiger partial charge in [-0.2, -0.15) is 4.68 Å². The van der Waals surface area contributed by atoms with E-state index >= 15 is 0 Å². The Morgan fingerprint density at radius 1 is 1.00 bits per heavy atom. The van der Waals surface area contributed by atoms with E-state index in [2.05, 4.69) is 15.3 Å². The molecule has 0 bridgehead atoms. The number of nitrogens with one attached hydrogen (secondary N) is 1. The molecule has 1 N–H and O–H groups in total. The van der Waals surface area contributed by atoms with Gasteiger partial charge in [-0.1, -0.05) is 23.2 Å². The Kier molecular flexibility index (Phi) is 5.53. The second-order valence-corrected chi connectivity index (χ2v) is 6.40. The molecule has 0 atom stereocenters. The number of benzene rings is 2. The summed E-state index contributed by atoms with van der Waals surface area (Å²) in [6.45, 7) is 1.44. The predicted molar refractivity (Wildman–Crippen MR) is 105 cm³/mol. The van der Waals surface area contributed by atoms with Crippen LogP contribution < -0.4 is 9.47 Å². The van der Waals surface area contributed by atoms with Crippen molar-refractivity contribution in [2.45, 2.75) is 6.92 Å². The minimum Gasteiger partial charge on any atom is -0.480 e. The molecule has 140 valence electrons. The molecule has 4 aromatic rings. The largest absolute Gasteiger partial charge is 0.480 e. The van der Waals surface area contributed by atoms with Crippen molar-refractivity contribution < 1.29 is 14.3 Å². The number of fused-ring (bicyclic) bond motifs is 2. The molecule has 0 aliphatic carbocycles. The summed E-state index contributed by atoms with van der Waals surface area (Å²) in [5, 5.41) is 13.7. The number of halogens is 2. The molecule has 2 aromatic carbocycles. The first kappa shape index (κ1) is 19.0. The Morgan fingerprint density at radius 2 is 1.63 bits per heavy atom.